The Kier molecular flexibility index (Phi) is 4.27. The van der Waals surface area contributed by atoms with Crippen molar-refractivity contribution in [3.05, 3.63) is 40.5 Å². The number of nitrogens with zero attached hydrogens (tertiary/aromatic N) is 4. The molecule has 0 fully saturated rings. The minimum atomic E-state index is 0.0745. The molecule has 0 spiro atoms. The van der Waals surface area contributed by atoms with E-state index in [1.807, 2.05) is 33.0 Å². The molecular formula is C15H20N4O. The molecule has 0 N–H and O–H groups in total. The Bertz CT molecular complexity index is 631. The monoisotopic (exact) mass is 272 g/mol. The molecule has 0 aliphatic rings. The van der Waals surface area contributed by atoms with Crippen molar-refractivity contribution in [3.63, 3.8) is 0 Å². The highest BCUT2D eigenvalue weighted by molar-refractivity contribution is 5.98. The number of carbonyl (C=O) groups excluding carboxylic acids is 1. The smallest absolute Gasteiger partial charge is 0.170 e. The molecule has 0 unspecified atom stereocenters. The minimum Gasteiger partial charge on any atom is -0.294 e. The zero-order valence-electron chi connectivity index (χ0n) is 12.5. The maximum atomic E-state index is 12.5. The van der Waals surface area contributed by atoms with Gasteiger partial charge in [0.05, 0.1) is 23.5 Å². The van der Waals surface area contributed by atoms with E-state index in [0.717, 1.165) is 29.2 Å². The molecular weight excluding hydrogens is 252 g/mol. The summed E-state index contributed by atoms with van der Waals surface area (Å²) < 4.78 is 1.78. The highest BCUT2D eigenvalue weighted by atomic mass is 16.1. The molecule has 0 aromatic carbocycles. The van der Waals surface area contributed by atoms with E-state index >= 15 is 0 Å². The average Bonchev–Trinajstić information content (AvgIpc) is 2.79. The van der Waals surface area contributed by atoms with Crippen LogP contribution in [0.3, 0.4) is 0 Å². The van der Waals surface area contributed by atoms with Gasteiger partial charge < -0.3 is 0 Å². The molecule has 2 aromatic rings. The summed E-state index contributed by atoms with van der Waals surface area (Å²) in [5.41, 5.74) is 4.15. The van der Waals surface area contributed by atoms with Crippen LogP contribution >= 0.6 is 0 Å². The number of carbonyl (C=O) groups is 1. The Morgan fingerprint density at radius 1 is 1.20 bits per heavy atom. The van der Waals surface area contributed by atoms with Crippen LogP contribution in [0.4, 0.5) is 0 Å². The van der Waals surface area contributed by atoms with Crippen LogP contribution in [0.5, 0.6) is 0 Å². The van der Waals surface area contributed by atoms with Gasteiger partial charge in [-0.25, -0.2) is 0 Å². The first-order valence-corrected chi connectivity index (χ1v) is 6.93. The summed E-state index contributed by atoms with van der Waals surface area (Å²) in [6.07, 6.45) is 1.93. The number of hydrogen-bond donors (Lipinski definition) is 0. The van der Waals surface area contributed by atoms with Crippen LogP contribution in [0.25, 0.3) is 0 Å². The van der Waals surface area contributed by atoms with Crippen molar-refractivity contribution in [1.29, 1.82) is 0 Å². The maximum Gasteiger partial charge on any atom is 0.170 e. The van der Waals surface area contributed by atoms with Gasteiger partial charge in [-0.2, -0.15) is 15.3 Å². The zero-order chi connectivity index (χ0) is 14.7. The third kappa shape index (κ3) is 2.92. The van der Waals surface area contributed by atoms with Gasteiger partial charge in [-0.15, -0.1) is 0 Å². The van der Waals surface area contributed by atoms with E-state index in [1.54, 1.807) is 4.68 Å². The molecule has 0 amide bonds. The first-order chi connectivity index (χ1) is 9.55. The van der Waals surface area contributed by atoms with E-state index in [9.17, 15) is 4.79 Å². The average molecular weight is 272 g/mol. The van der Waals surface area contributed by atoms with E-state index in [4.69, 9.17) is 0 Å². The standard InChI is InChI=1S/C15H20N4O/c1-5-11-8-12(19(4)18-11)9-15(20)13-7-10(3)16-17-14(13)6-2/h7-8H,5-6,9H2,1-4H3. The summed E-state index contributed by atoms with van der Waals surface area (Å²) in [5, 5.41) is 12.5. The second-order valence-electron chi connectivity index (χ2n) is 4.90. The molecule has 0 saturated carbocycles. The van der Waals surface area contributed by atoms with E-state index < -0.39 is 0 Å². The lowest BCUT2D eigenvalue weighted by Crippen LogP contribution is -2.12. The van der Waals surface area contributed by atoms with Gasteiger partial charge in [0, 0.05) is 18.3 Å². The Labute approximate surface area is 119 Å². The molecule has 20 heavy (non-hydrogen) atoms. The van der Waals surface area contributed by atoms with Crippen LogP contribution in [0, 0.1) is 6.92 Å². The number of hydrogen-bond acceptors (Lipinski definition) is 4. The summed E-state index contributed by atoms with van der Waals surface area (Å²) in [4.78, 5) is 12.5. The Balaban J connectivity index is 2.27. The number of ketones is 1. The lowest BCUT2D eigenvalue weighted by Gasteiger charge is -2.06. The summed E-state index contributed by atoms with van der Waals surface area (Å²) in [6.45, 7) is 5.89. The van der Waals surface area contributed by atoms with Crippen molar-refractivity contribution in [3.8, 4) is 0 Å². The predicted octanol–water partition coefficient (Wildman–Crippen LogP) is 2.07. The van der Waals surface area contributed by atoms with Gasteiger partial charge >= 0.3 is 0 Å². The van der Waals surface area contributed by atoms with Crippen molar-refractivity contribution >= 4 is 5.78 Å². The molecule has 106 valence electrons. The largest absolute Gasteiger partial charge is 0.294 e. The SMILES string of the molecule is CCc1cc(CC(=O)c2cc(C)nnc2CC)n(C)n1. The second kappa shape index (κ2) is 5.94. The molecule has 0 saturated heterocycles. The second-order valence-corrected chi connectivity index (χ2v) is 4.90. The molecule has 2 rings (SSSR count). The van der Waals surface area contributed by atoms with Crippen molar-refractivity contribution in [1.82, 2.24) is 20.0 Å². The number of Topliss-reactive ketones (excluding diaryl/α,β-unsaturated/α-hetero) is 1. The van der Waals surface area contributed by atoms with E-state index in [1.165, 1.54) is 0 Å². The lowest BCUT2D eigenvalue weighted by atomic mass is 10.0. The van der Waals surface area contributed by atoms with E-state index in [2.05, 4.69) is 22.2 Å². The summed E-state index contributed by atoms with van der Waals surface area (Å²) in [6, 6.07) is 3.82. The highest BCUT2D eigenvalue weighted by Gasteiger charge is 2.16. The fourth-order valence-corrected chi connectivity index (χ4v) is 2.19. The Hall–Kier alpha value is -2.04. The van der Waals surface area contributed by atoms with Crippen LogP contribution in [-0.4, -0.2) is 25.8 Å². The third-order valence-electron chi connectivity index (χ3n) is 3.36. The molecule has 2 heterocycles. The normalized spacial score (nSPS) is 10.8. The summed E-state index contributed by atoms with van der Waals surface area (Å²) in [5.74, 6) is 0.0745. The zero-order valence-corrected chi connectivity index (χ0v) is 12.5. The molecule has 0 aliphatic heterocycles. The van der Waals surface area contributed by atoms with Crippen LogP contribution in [-0.2, 0) is 26.3 Å². The Morgan fingerprint density at radius 3 is 2.55 bits per heavy atom. The molecule has 5 nitrogen and oxygen atoms in total. The number of aryl methyl sites for hydroxylation is 4. The Morgan fingerprint density at radius 2 is 1.95 bits per heavy atom. The quantitative estimate of drug-likeness (QED) is 0.782. The molecule has 0 bridgehead atoms. The van der Waals surface area contributed by atoms with Crippen LogP contribution in [0.15, 0.2) is 12.1 Å². The van der Waals surface area contributed by atoms with Gasteiger partial charge in [0.2, 0.25) is 0 Å². The lowest BCUT2D eigenvalue weighted by molar-refractivity contribution is 0.0989. The molecule has 5 heteroatoms. The van der Waals surface area contributed by atoms with Crippen LogP contribution < -0.4 is 0 Å². The first-order valence-electron chi connectivity index (χ1n) is 6.93. The third-order valence-corrected chi connectivity index (χ3v) is 3.36. The van der Waals surface area contributed by atoms with Gasteiger partial charge in [0.15, 0.2) is 5.78 Å². The highest BCUT2D eigenvalue weighted by Crippen LogP contribution is 2.13. The number of aromatic nitrogens is 4. The van der Waals surface area contributed by atoms with E-state index in [-0.39, 0.29) is 5.78 Å². The van der Waals surface area contributed by atoms with Crippen LogP contribution in [0.1, 0.15) is 47.0 Å². The van der Waals surface area contributed by atoms with Gasteiger partial charge in [0.1, 0.15) is 0 Å². The fourth-order valence-electron chi connectivity index (χ4n) is 2.19. The first kappa shape index (κ1) is 14.4. The maximum absolute atomic E-state index is 12.5. The summed E-state index contributed by atoms with van der Waals surface area (Å²) in [7, 11) is 1.87. The van der Waals surface area contributed by atoms with Gasteiger partial charge in [-0.05, 0) is 31.9 Å². The topological polar surface area (TPSA) is 60.7 Å². The minimum absolute atomic E-state index is 0.0745. The molecule has 0 aliphatic carbocycles. The van der Waals surface area contributed by atoms with Gasteiger partial charge in [-0.3, -0.25) is 9.48 Å². The molecule has 0 atom stereocenters. The molecule has 0 radical (unpaired) electrons. The van der Waals surface area contributed by atoms with Crippen molar-refractivity contribution in [2.75, 3.05) is 0 Å². The predicted molar refractivity (Wildman–Crippen MR) is 76.8 cm³/mol. The van der Waals surface area contributed by atoms with Crippen LogP contribution in [0.2, 0.25) is 0 Å². The van der Waals surface area contributed by atoms with Gasteiger partial charge in [0.25, 0.3) is 0 Å². The van der Waals surface area contributed by atoms with E-state index in [0.29, 0.717) is 18.4 Å². The fraction of sp³-hybridized carbons (Fsp3) is 0.467. The van der Waals surface area contributed by atoms with Gasteiger partial charge in [-0.1, -0.05) is 13.8 Å². The number of rotatable bonds is 5. The summed E-state index contributed by atoms with van der Waals surface area (Å²) >= 11 is 0. The van der Waals surface area contributed by atoms with Crippen molar-refractivity contribution in [2.24, 2.45) is 7.05 Å². The molecule has 2 aromatic heterocycles. The van der Waals surface area contributed by atoms with Crippen molar-refractivity contribution in [2.45, 2.75) is 40.0 Å². The van der Waals surface area contributed by atoms with Crippen molar-refractivity contribution < 1.29 is 4.79 Å².